The number of nitro groups is 1. The highest BCUT2D eigenvalue weighted by Crippen LogP contribution is 2.27. The van der Waals surface area contributed by atoms with Crippen LogP contribution < -0.4 is 10.6 Å². The summed E-state index contributed by atoms with van der Waals surface area (Å²) in [4.78, 5) is 22.3. The third-order valence-electron chi connectivity index (χ3n) is 2.40. The van der Waals surface area contributed by atoms with Crippen molar-refractivity contribution in [2.75, 3.05) is 18.9 Å². The zero-order valence-electron chi connectivity index (χ0n) is 10.7. The third-order valence-corrected chi connectivity index (χ3v) is 2.40. The van der Waals surface area contributed by atoms with Crippen LogP contribution in [0.15, 0.2) is 18.2 Å². The minimum Gasteiger partial charge on any atom is -0.382 e. The van der Waals surface area contributed by atoms with Gasteiger partial charge in [-0.1, -0.05) is 19.9 Å². The van der Waals surface area contributed by atoms with Crippen LogP contribution in [0.1, 0.15) is 24.2 Å². The summed E-state index contributed by atoms with van der Waals surface area (Å²) in [5.41, 5.74) is 0.422. The van der Waals surface area contributed by atoms with Crippen molar-refractivity contribution in [1.82, 2.24) is 5.32 Å². The third kappa shape index (κ3) is 3.19. The van der Waals surface area contributed by atoms with E-state index in [1.807, 2.05) is 13.8 Å². The van der Waals surface area contributed by atoms with Crippen molar-refractivity contribution in [3.63, 3.8) is 0 Å². The second kappa shape index (κ2) is 6.00. The van der Waals surface area contributed by atoms with E-state index >= 15 is 0 Å². The lowest BCUT2D eigenvalue weighted by molar-refractivity contribution is -0.384. The predicted octanol–water partition coefficient (Wildman–Crippen LogP) is 2.02. The Bertz CT molecular complexity index is 458. The van der Waals surface area contributed by atoms with Gasteiger partial charge in [-0.2, -0.15) is 0 Å². The molecule has 0 saturated heterocycles. The number of carbonyl (C=O) groups excluding carboxylic acids is 1. The van der Waals surface area contributed by atoms with E-state index in [1.54, 1.807) is 13.1 Å². The second-order valence-electron chi connectivity index (χ2n) is 4.31. The van der Waals surface area contributed by atoms with Crippen LogP contribution in [0.4, 0.5) is 11.4 Å². The van der Waals surface area contributed by atoms with Crippen LogP contribution in [0.25, 0.3) is 0 Å². The minimum absolute atomic E-state index is 0.102. The van der Waals surface area contributed by atoms with Gasteiger partial charge < -0.3 is 10.6 Å². The first kappa shape index (κ1) is 14.0. The van der Waals surface area contributed by atoms with Crippen molar-refractivity contribution in [1.29, 1.82) is 0 Å². The van der Waals surface area contributed by atoms with Crippen LogP contribution in [0.3, 0.4) is 0 Å². The number of amides is 1. The number of hydrogen-bond acceptors (Lipinski definition) is 4. The zero-order valence-corrected chi connectivity index (χ0v) is 10.7. The molecule has 1 aromatic carbocycles. The topological polar surface area (TPSA) is 84.3 Å². The van der Waals surface area contributed by atoms with Crippen LogP contribution in [0.5, 0.6) is 0 Å². The molecule has 0 unspecified atom stereocenters. The Balaban J connectivity index is 3.05. The molecule has 2 N–H and O–H groups in total. The van der Waals surface area contributed by atoms with Crippen molar-refractivity contribution in [2.24, 2.45) is 5.92 Å². The van der Waals surface area contributed by atoms with Crippen molar-refractivity contribution < 1.29 is 9.72 Å². The Morgan fingerprint density at radius 1 is 1.44 bits per heavy atom. The lowest BCUT2D eigenvalue weighted by atomic mass is 10.1. The molecule has 1 amide bonds. The molecule has 0 spiro atoms. The summed E-state index contributed by atoms with van der Waals surface area (Å²) >= 11 is 0. The Hall–Kier alpha value is -2.11. The van der Waals surface area contributed by atoms with Gasteiger partial charge in [0, 0.05) is 19.7 Å². The molecule has 0 aliphatic rings. The average Bonchev–Trinajstić information content (AvgIpc) is 2.34. The van der Waals surface area contributed by atoms with Crippen molar-refractivity contribution in [3.8, 4) is 0 Å². The largest absolute Gasteiger partial charge is 0.382 e. The van der Waals surface area contributed by atoms with E-state index in [1.165, 1.54) is 12.1 Å². The molecule has 98 valence electrons. The van der Waals surface area contributed by atoms with Gasteiger partial charge in [-0.05, 0) is 12.0 Å². The standard InChI is InChI=1S/C12H17N3O3/c1-8(2)7-14-12(16)9-5-4-6-10(15(17)18)11(9)13-3/h4-6,8,13H,7H2,1-3H3,(H,14,16). The number of nitro benzene ring substituents is 1. The molecule has 1 aromatic rings. The fraction of sp³-hybridized carbons (Fsp3) is 0.417. The van der Waals surface area contributed by atoms with Crippen LogP contribution in [0.2, 0.25) is 0 Å². The maximum atomic E-state index is 11.9. The molecule has 6 nitrogen and oxygen atoms in total. The number of carbonyl (C=O) groups is 1. The van der Waals surface area contributed by atoms with Crippen LogP contribution in [0, 0.1) is 16.0 Å². The van der Waals surface area contributed by atoms with E-state index in [-0.39, 0.29) is 22.8 Å². The van der Waals surface area contributed by atoms with Crippen molar-refractivity contribution >= 4 is 17.3 Å². The number of nitrogens with one attached hydrogen (secondary N) is 2. The first-order valence-electron chi connectivity index (χ1n) is 5.70. The molecule has 0 fully saturated rings. The first-order chi connectivity index (χ1) is 8.47. The summed E-state index contributed by atoms with van der Waals surface area (Å²) in [6.45, 7) is 4.49. The van der Waals surface area contributed by atoms with Crippen molar-refractivity contribution in [3.05, 3.63) is 33.9 Å². The van der Waals surface area contributed by atoms with Crippen LogP contribution in [-0.2, 0) is 0 Å². The lowest BCUT2D eigenvalue weighted by Crippen LogP contribution is -2.28. The van der Waals surface area contributed by atoms with Gasteiger partial charge in [0.15, 0.2) is 0 Å². The summed E-state index contributed by atoms with van der Waals surface area (Å²) in [5.74, 6) is 0.0161. The van der Waals surface area contributed by atoms with E-state index in [0.717, 1.165) is 0 Å². The van der Waals surface area contributed by atoms with Gasteiger partial charge in [0.05, 0.1) is 10.5 Å². The van der Waals surface area contributed by atoms with Gasteiger partial charge in [-0.25, -0.2) is 0 Å². The smallest absolute Gasteiger partial charge is 0.293 e. The van der Waals surface area contributed by atoms with Gasteiger partial charge in [-0.15, -0.1) is 0 Å². The van der Waals surface area contributed by atoms with Crippen LogP contribution >= 0.6 is 0 Å². The number of para-hydroxylation sites is 1. The average molecular weight is 251 g/mol. The number of rotatable bonds is 5. The van der Waals surface area contributed by atoms with E-state index < -0.39 is 4.92 Å². The van der Waals surface area contributed by atoms with E-state index in [0.29, 0.717) is 12.5 Å². The first-order valence-corrected chi connectivity index (χ1v) is 5.70. The summed E-state index contributed by atoms with van der Waals surface area (Å²) in [6.07, 6.45) is 0. The quantitative estimate of drug-likeness (QED) is 0.619. The molecule has 0 radical (unpaired) electrons. The molecule has 0 bridgehead atoms. The second-order valence-corrected chi connectivity index (χ2v) is 4.31. The van der Waals surface area contributed by atoms with E-state index in [9.17, 15) is 14.9 Å². The number of nitrogens with zero attached hydrogens (tertiary/aromatic N) is 1. The summed E-state index contributed by atoms with van der Waals surface area (Å²) < 4.78 is 0. The monoisotopic (exact) mass is 251 g/mol. The maximum Gasteiger partial charge on any atom is 0.293 e. The number of anilines is 1. The highest BCUT2D eigenvalue weighted by atomic mass is 16.6. The van der Waals surface area contributed by atoms with E-state index in [4.69, 9.17) is 0 Å². The Morgan fingerprint density at radius 2 is 2.11 bits per heavy atom. The number of hydrogen-bond donors (Lipinski definition) is 2. The van der Waals surface area contributed by atoms with Gasteiger partial charge in [-0.3, -0.25) is 14.9 Å². The Morgan fingerprint density at radius 3 is 2.61 bits per heavy atom. The molecule has 0 aliphatic heterocycles. The number of benzene rings is 1. The molecule has 6 heteroatoms. The van der Waals surface area contributed by atoms with Gasteiger partial charge in [0.2, 0.25) is 0 Å². The molecule has 0 atom stereocenters. The van der Waals surface area contributed by atoms with E-state index in [2.05, 4.69) is 10.6 Å². The predicted molar refractivity (Wildman–Crippen MR) is 69.8 cm³/mol. The molecule has 0 aliphatic carbocycles. The highest BCUT2D eigenvalue weighted by molar-refractivity contribution is 6.01. The highest BCUT2D eigenvalue weighted by Gasteiger charge is 2.20. The van der Waals surface area contributed by atoms with Crippen molar-refractivity contribution in [2.45, 2.75) is 13.8 Å². The summed E-state index contributed by atoms with van der Waals surface area (Å²) in [6, 6.07) is 4.43. The summed E-state index contributed by atoms with van der Waals surface area (Å²) in [7, 11) is 1.56. The summed E-state index contributed by atoms with van der Waals surface area (Å²) in [5, 5.41) is 16.3. The maximum absolute atomic E-state index is 11.9. The molecule has 1 rings (SSSR count). The molecular formula is C12H17N3O3. The van der Waals surface area contributed by atoms with Gasteiger partial charge in [0.25, 0.3) is 11.6 Å². The fourth-order valence-electron chi connectivity index (χ4n) is 1.54. The molecule has 0 heterocycles. The normalized spacial score (nSPS) is 10.2. The Labute approximate surface area is 106 Å². The van der Waals surface area contributed by atoms with Crippen LogP contribution in [-0.4, -0.2) is 24.4 Å². The fourth-order valence-corrected chi connectivity index (χ4v) is 1.54. The SMILES string of the molecule is CNc1c(C(=O)NCC(C)C)cccc1[N+](=O)[O-]. The molecule has 0 saturated carbocycles. The molecular weight excluding hydrogens is 234 g/mol. The molecule has 18 heavy (non-hydrogen) atoms. The lowest BCUT2D eigenvalue weighted by Gasteiger charge is -2.11. The minimum atomic E-state index is -0.509. The Kier molecular flexibility index (Phi) is 4.65. The van der Waals surface area contributed by atoms with Gasteiger partial charge >= 0.3 is 0 Å². The zero-order chi connectivity index (χ0) is 13.7. The van der Waals surface area contributed by atoms with Gasteiger partial charge in [0.1, 0.15) is 5.69 Å². The molecule has 0 aromatic heterocycles.